The van der Waals surface area contributed by atoms with E-state index in [2.05, 4.69) is 9.97 Å². The topological polar surface area (TPSA) is 30.2 Å². The fraction of sp³-hybridized carbons (Fsp3) is 0. The van der Waals surface area contributed by atoms with Crippen LogP contribution in [0, 0.1) is 5.82 Å². The van der Waals surface area contributed by atoms with Gasteiger partial charge in [-0.15, -0.1) is 0 Å². The lowest BCUT2D eigenvalue weighted by Crippen LogP contribution is -1.94. The van der Waals surface area contributed by atoms with Crippen LogP contribution in [0.1, 0.15) is 0 Å². The van der Waals surface area contributed by atoms with E-state index in [0.717, 1.165) is 16.8 Å². The van der Waals surface area contributed by atoms with Crippen LogP contribution in [0.4, 0.5) is 4.39 Å². The maximum absolute atomic E-state index is 14.3. The minimum atomic E-state index is -0.390. The third-order valence-electron chi connectivity index (χ3n) is 3.76. The molecule has 0 saturated heterocycles. The van der Waals surface area contributed by atoms with Gasteiger partial charge in [0.1, 0.15) is 11.5 Å². The first-order valence-electron chi connectivity index (χ1n) is 7.16. The van der Waals surface area contributed by atoms with Gasteiger partial charge in [-0.25, -0.2) is 9.37 Å². The number of hydrogen-bond acceptors (Lipinski definition) is 2. The molecule has 0 aliphatic heterocycles. The number of benzene rings is 1. The van der Waals surface area contributed by atoms with Crippen LogP contribution < -0.4 is 0 Å². The molecule has 1 aromatic carbocycles. The molecule has 0 aliphatic carbocycles. The molecule has 3 aromatic heterocycles. The Hall–Kier alpha value is -2.43. The van der Waals surface area contributed by atoms with Crippen molar-refractivity contribution in [1.29, 1.82) is 0 Å². The molecule has 0 aliphatic rings. The van der Waals surface area contributed by atoms with E-state index >= 15 is 0 Å². The second-order valence-corrected chi connectivity index (χ2v) is 6.10. The third kappa shape index (κ3) is 2.54. The monoisotopic (exact) mass is 357 g/mol. The van der Waals surface area contributed by atoms with E-state index in [1.54, 1.807) is 30.6 Å². The highest BCUT2D eigenvalue weighted by molar-refractivity contribution is 6.33. The van der Waals surface area contributed by atoms with Crippen molar-refractivity contribution in [3.05, 3.63) is 77.0 Å². The summed E-state index contributed by atoms with van der Waals surface area (Å²) in [6, 6.07) is 9.81. The molecule has 0 bridgehead atoms. The zero-order chi connectivity index (χ0) is 16.7. The first-order valence-corrected chi connectivity index (χ1v) is 7.92. The summed E-state index contributed by atoms with van der Waals surface area (Å²) in [6.45, 7) is 0. The molecule has 0 N–H and O–H groups in total. The minimum absolute atomic E-state index is 0.333. The summed E-state index contributed by atoms with van der Waals surface area (Å²) in [5.41, 5.74) is 3.02. The molecule has 24 heavy (non-hydrogen) atoms. The van der Waals surface area contributed by atoms with Crippen LogP contribution in [-0.2, 0) is 0 Å². The molecule has 6 heteroatoms. The molecular formula is C18H10Cl2FN3. The van der Waals surface area contributed by atoms with E-state index in [1.807, 2.05) is 22.9 Å². The van der Waals surface area contributed by atoms with Gasteiger partial charge in [0.25, 0.3) is 0 Å². The molecule has 0 radical (unpaired) electrons. The fourth-order valence-corrected chi connectivity index (χ4v) is 3.07. The van der Waals surface area contributed by atoms with Crippen LogP contribution in [0.25, 0.3) is 28.0 Å². The van der Waals surface area contributed by atoms with Crippen LogP contribution in [0.2, 0.25) is 10.0 Å². The number of nitrogens with zero attached hydrogens (tertiary/aromatic N) is 3. The molecule has 0 amide bonds. The second-order valence-electron chi connectivity index (χ2n) is 5.25. The van der Waals surface area contributed by atoms with Crippen molar-refractivity contribution in [3.8, 4) is 22.4 Å². The van der Waals surface area contributed by atoms with Crippen molar-refractivity contribution in [2.45, 2.75) is 0 Å². The molecular weight excluding hydrogens is 348 g/mol. The molecule has 4 aromatic rings. The number of aromatic nitrogens is 3. The molecule has 3 nitrogen and oxygen atoms in total. The molecule has 0 atom stereocenters. The van der Waals surface area contributed by atoms with Gasteiger partial charge in [-0.2, -0.15) is 0 Å². The van der Waals surface area contributed by atoms with Crippen molar-refractivity contribution in [2.75, 3.05) is 0 Å². The standard InChI is InChI=1S/C18H10Cl2FN3/c19-11-3-4-16(21)13(8-11)18-12(2-1-5-23-18)14-10-24-7-6-22-17(24)9-15(14)20/h1-10H. The van der Waals surface area contributed by atoms with E-state index in [9.17, 15) is 4.39 Å². The quantitative estimate of drug-likeness (QED) is 0.473. The summed E-state index contributed by atoms with van der Waals surface area (Å²) in [5, 5.41) is 0.963. The normalized spacial score (nSPS) is 11.1. The van der Waals surface area contributed by atoms with Crippen molar-refractivity contribution in [1.82, 2.24) is 14.4 Å². The lowest BCUT2D eigenvalue weighted by atomic mass is 10.00. The summed E-state index contributed by atoms with van der Waals surface area (Å²) in [7, 11) is 0. The van der Waals surface area contributed by atoms with Crippen molar-refractivity contribution >= 4 is 28.8 Å². The summed E-state index contributed by atoms with van der Waals surface area (Å²) in [6.07, 6.45) is 6.98. The highest BCUT2D eigenvalue weighted by Gasteiger charge is 2.16. The van der Waals surface area contributed by atoms with E-state index in [1.165, 1.54) is 12.1 Å². The first-order chi connectivity index (χ1) is 11.6. The lowest BCUT2D eigenvalue weighted by Gasteiger charge is -2.12. The van der Waals surface area contributed by atoms with Gasteiger partial charge >= 0.3 is 0 Å². The van der Waals surface area contributed by atoms with Crippen LogP contribution in [0.5, 0.6) is 0 Å². The Kier molecular flexibility index (Phi) is 3.71. The Morgan fingerprint density at radius 1 is 0.917 bits per heavy atom. The Morgan fingerprint density at radius 2 is 1.79 bits per heavy atom. The minimum Gasteiger partial charge on any atom is -0.306 e. The Morgan fingerprint density at radius 3 is 2.67 bits per heavy atom. The first kappa shape index (κ1) is 15.1. The van der Waals surface area contributed by atoms with E-state index in [-0.39, 0.29) is 5.82 Å². The maximum atomic E-state index is 14.3. The average molecular weight is 358 g/mol. The highest BCUT2D eigenvalue weighted by atomic mass is 35.5. The molecule has 0 spiro atoms. The Bertz CT molecular complexity index is 1060. The van der Waals surface area contributed by atoms with Gasteiger partial charge in [0.15, 0.2) is 0 Å². The van der Waals surface area contributed by atoms with Gasteiger partial charge < -0.3 is 4.40 Å². The zero-order valence-electron chi connectivity index (χ0n) is 12.2. The SMILES string of the molecule is Fc1ccc(Cl)cc1-c1ncccc1-c1cn2ccnc2cc1Cl. The van der Waals surface area contributed by atoms with Crippen LogP contribution in [0.3, 0.4) is 0 Å². The summed E-state index contributed by atoms with van der Waals surface area (Å²) in [4.78, 5) is 8.56. The molecule has 3 heterocycles. The summed E-state index contributed by atoms with van der Waals surface area (Å²) < 4.78 is 16.2. The largest absolute Gasteiger partial charge is 0.306 e. The fourth-order valence-electron chi connectivity index (χ4n) is 2.65. The van der Waals surface area contributed by atoms with E-state index in [4.69, 9.17) is 23.2 Å². The average Bonchev–Trinajstić information content (AvgIpc) is 3.03. The van der Waals surface area contributed by atoms with Gasteiger partial charge in [-0.3, -0.25) is 4.98 Å². The predicted octanol–water partition coefficient (Wildman–Crippen LogP) is 5.51. The number of fused-ring (bicyclic) bond motifs is 1. The van der Waals surface area contributed by atoms with Crippen LogP contribution in [0.15, 0.2) is 61.2 Å². The zero-order valence-corrected chi connectivity index (χ0v) is 13.8. The summed E-state index contributed by atoms with van der Waals surface area (Å²) >= 11 is 12.5. The van der Waals surface area contributed by atoms with Gasteiger partial charge in [-0.1, -0.05) is 29.3 Å². The lowest BCUT2D eigenvalue weighted by molar-refractivity contribution is 0.631. The molecule has 0 saturated carbocycles. The van der Waals surface area contributed by atoms with Crippen molar-refractivity contribution in [3.63, 3.8) is 0 Å². The number of hydrogen-bond donors (Lipinski definition) is 0. The Balaban J connectivity index is 1.99. The maximum Gasteiger partial charge on any atom is 0.138 e. The third-order valence-corrected chi connectivity index (χ3v) is 4.31. The van der Waals surface area contributed by atoms with Crippen LogP contribution in [-0.4, -0.2) is 14.4 Å². The Labute approximate surface area is 147 Å². The van der Waals surface area contributed by atoms with Crippen molar-refractivity contribution in [2.24, 2.45) is 0 Å². The van der Waals surface area contributed by atoms with Crippen molar-refractivity contribution < 1.29 is 4.39 Å². The second kappa shape index (κ2) is 5.89. The number of halogens is 3. The van der Waals surface area contributed by atoms with Gasteiger partial charge in [0.05, 0.1) is 10.7 Å². The van der Waals surface area contributed by atoms with E-state index in [0.29, 0.717) is 21.3 Å². The summed E-state index contributed by atoms with van der Waals surface area (Å²) in [5.74, 6) is -0.390. The number of pyridine rings is 2. The smallest absolute Gasteiger partial charge is 0.138 e. The molecule has 118 valence electrons. The van der Waals surface area contributed by atoms with Gasteiger partial charge in [0.2, 0.25) is 0 Å². The van der Waals surface area contributed by atoms with E-state index < -0.39 is 0 Å². The number of imidazole rings is 1. The van der Waals surface area contributed by atoms with Gasteiger partial charge in [0, 0.05) is 52.6 Å². The molecule has 0 unspecified atom stereocenters. The van der Waals surface area contributed by atoms with Crippen LogP contribution >= 0.6 is 23.2 Å². The molecule has 4 rings (SSSR count). The number of rotatable bonds is 2. The van der Waals surface area contributed by atoms with Gasteiger partial charge in [-0.05, 0) is 24.3 Å². The highest BCUT2D eigenvalue weighted by Crippen LogP contribution is 2.36. The predicted molar refractivity (Wildman–Crippen MR) is 93.8 cm³/mol. The molecule has 0 fully saturated rings.